The second-order valence-corrected chi connectivity index (χ2v) is 6.88. The molecule has 0 saturated carbocycles. The summed E-state index contributed by atoms with van der Waals surface area (Å²) in [6.45, 7) is 6.11. The van der Waals surface area contributed by atoms with E-state index in [0.717, 1.165) is 6.54 Å². The third kappa shape index (κ3) is 4.84. The molecule has 3 rings (SSSR count). The first-order valence-electron chi connectivity index (χ1n) is 9.42. The summed E-state index contributed by atoms with van der Waals surface area (Å²) in [5.41, 5.74) is 0.439. The summed E-state index contributed by atoms with van der Waals surface area (Å²) in [6, 6.07) is 13.4. The quantitative estimate of drug-likeness (QED) is 0.591. The molecule has 0 radical (unpaired) electrons. The predicted molar refractivity (Wildman–Crippen MR) is 107 cm³/mol. The Morgan fingerprint density at radius 3 is 2.46 bits per heavy atom. The lowest BCUT2D eigenvalue weighted by atomic mass is 9.89. The van der Waals surface area contributed by atoms with Crippen LogP contribution in [0.2, 0.25) is 0 Å². The average molecular weight is 379 g/mol. The summed E-state index contributed by atoms with van der Waals surface area (Å²) in [6.07, 6.45) is 5.56. The van der Waals surface area contributed by atoms with E-state index in [-0.39, 0.29) is 5.91 Å². The summed E-state index contributed by atoms with van der Waals surface area (Å²) in [4.78, 5) is 31.6. The van der Waals surface area contributed by atoms with Crippen LogP contribution in [0.3, 0.4) is 0 Å². The number of pyridine rings is 1. The Kier molecular flexibility index (Phi) is 6.55. The monoisotopic (exact) mass is 379 g/mol. The van der Waals surface area contributed by atoms with Crippen molar-refractivity contribution >= 4 is 11.9 Å². The van der Waals surface area contributed by atoms with E-state index >= 15 is 0 Å². The van der Waals surface area contributed by atoms with Crippen LogP contribution >= 0.6 is 0 Å². The molecule has 1 N–H and O–H groups in total. The number of likely N-dealkylation sites (tertiary alicyclic amines) is 1. The van der Waals surface area contributed by atoms with Gasteiger partial charge in [0.15, 0.2) is 5.60 Å². The molecule has 146 valence electrons. The summed E-state index contributed by atoms with van der Waals surface area (Å²) < 4.78 is 5.78. The van der Waals surface area contributed by atoms with Crippen LogP contribution in [-0.2, 0) is 16.1 Å². The van der Waals surface area contributed by atoms with Gasteiger partial charge in [-0.15, -0.1) is 6.58 Å². The second-order valence-electron chi connectivity index (χ2n) is 6.88. The van der Waals surface area contributed by atoms with Gasteiger partial charge in [0.1, 0.15) is 0 Å². The Hall–Kier alpha value is -2.99. The Balaban J connectivity index is 1.70. The summed E-state index contributed by atoms with van der Waals surface area (Å²) in [7, 11) is 0. The van der Waals surface area contributed by atoms with E-state index in [0.29, 0.717) is 38.0 Å². The fourth-order valence-electron chi connectivity index (χ4n) is 3.34. The molecule has 0 unspecified atom stereocenters. The number of carbonyl (C=O) groups excluding carboxylic acids is 2. The molecule has 1 aliphatic heterocycles. The standard InChI is InChI=1S/C22H25N3O3/c1-2-12-24-21(27)22(28-20(26)19-8-13-23-14-9-19)10-15-25(16-11-22)17-18-6-4-3-5-7-18/h2-9,13-14H,1,10-12,15-17H2,(H,24,27). The number of nitrogens with one attached hydrogen (secondary N) is 1. The highest BCUT2D eigenvalue weighted by molar-refractivity contribution is 5.94. The van der Waals surface area contributed by atoms with Crippen LogP contribution in [-0.4, -0.2) is 47.0 Å². The lowest BCUT2D eigenvalue weighted by Crippen LogP contribution is -2.56. The van der Waals surface area contributed by atoms with Gasteiger partial charge in [0, 0.05) is 51.4 Å². The third-order valence-corrected chi connectivity index (χ3v) is 4.94. The van der Waals surface area contributed by atoms with Gasteiger partial charge in [0.2, 0.25) is 0 Å². The molecule has 1 aromatic heterocycles. The highest BCUT2D eigenvalue weighted by atomic mass is 16.6. The number of hydrogen-bond donors (Lipinski definition) is 1. The molecule has 1 saturated heterocycles. The second kappa shape index (κ2) is 9.28. The molecule has 0 bridgehead atoms. The van der Waals surface area contributed by atoms with Gasteiger partial charge in [0.05, 0.1) is 5.56 Å². The zero-order valence-corrected chi connectivity index (χ0v) is 15.8. The maximum Gasteiger partial charge on any atom is 0.339 e. The van der Waals surface area contributed by atoms with E-state index in [1.54, 1.807) is 18.2 Å². The Bertz CT molecular complexity index is 800. The summed E-state index contributed by atoms with van der Waals surface area (Å²) in [5, 5.41) is 2.80. The molecular weight excluding hydrogens is 354 g/mol. The first kappa shape index (κ1) is 19.8. The minimum absolute atomic E-state index is 0.269. The number of aromatic nitrogens is 1. The van der Waals surface area contributed by atoms with Gasteiger partial charge in [-0.25, -0.2) is 4.79 Å². The zero-order valence-electron chi connectivity index (χ0n) is 15.8. The number of nitrogens with zero attached hydrogens (tertiary/aromatic N) is 2. The Morgan fingerprint density at radius 2 is 1.82 bits per heavy atom. The molecule has 0 atom stereocenters. The normalized spacial score (nSPS) is 16.1. The van der Waals surface area contributed by atoms with Crippen molar-refractivity contribution < 1.29 is 14.3 Å². The maximum atomic E-state index is 12.8. The fourth-order valence-corrected chi connectivity index (χ4v) is 3.34. The number of ether oxygens (including phenoxy) is 1. The van der Waals surface area contributed by atoms with E-state index in [4.69, 9.17) is 4.74 Å². The van der Waals surface area contributed by atoms with Crippen molar-refractivity contribution in [3.8, 4) is 0 Å². The topological polar surface area (TPSA) is 71.5 Å². The fraction of sp³-hybridized carbons (Fsp3) is 0.318. The van der Waals surface area contributed by atoms with E-state index in [9.17, 15) is 9.59 Å². The SMILES string of the molecule is C=CCNC(=O)C1(OC(=O)c2ccncc2)CCN(Cc2ccccc2)CC1. The van der Waals surface area contributed by atoms with Crippen LogP contribution in [0.15, 0.2) is 67.5 Å². The number of benzene rings is 1. The van der Waals surface area contributed by atoms with E-state index in [1.165, 1.54) is 18.0 Å². The molecule has 1 aromatic carbocycles. The third-order valence-electron chi connectivity index (χ3n) is 4.94. The first-order chi connectivity index (χ1) is 13.6. The Morgan fingerprint density at radius 1 is 1.14 bits per heavy atom. The minimum atomic E-state index is -1.17. The van der Waals surface area contributed by atoms with Crippen molar-refractivity contribution in [1.82, 2.24) is 15.2 Å². The van der Waals surface area contributed by atoms with Gasteiger partial charge in [-0.1, -0.05) is 36.4 Å². The predicted octanol–water partition coefficient (Wildman–Crippen LogP) is 2.58. The van der Waals surface area contributed by atoms with Crippen molar-refractivity contribution in [3.05, 3.63) is 78.6 Å². The van der Waals surface area contributed by atoms with Crippen molar-refractivity contribution in [2.24, 2.45) is 0 Å². The molecule has 6 nitrogen and oxygen atoms in total. The van der Waals surface area contributed by atoms with Crippen molar-refractivity contribution in [2.75, 3.05) is 19.6 Å². The van der Waals surface area contributed by atoms with Gasteiger partial charge < -0.3 is 10.1 Å². The number of hydrogen-bond acceptors (Lipinski definition) is 5. The van der Waals surface area contributed by atoms with Gasteiger partial charge in [-0.2, -0.15) is 0 Å². The molecule has 2 heterocycles. The minimum Gasteiger partial charge on any atom is -0.445 e. The van der Waals surface area contributed by atoms with Gasteiger partial charge in [0.25, 0.3) is 5.91 Å². The van der Waals surface area contributed by atoms with E-state index in [2.05, 4.69) is 33.9 Å². The molecule has 1 amide bonds. The van der Waals surface area contributed by atoms with Gasteiger partial charge >= 0.3 is 5.97 Å². The number of amides is 1. The lowest BCUT2D eigenvalue weighted by molar-refractivity contribution is -0.146. The zero-order chi connectivity index (χ0) is 19.8. The highest BCUT2D eigenvalue weighted by Gasteiger charge is 2.45. The molecule has 0 aliphatic carbocycles. The van der Waals surface area contributed by atoms with Crippen molar-refractivity contribution in [3.63, 3.8) is 0 Å². The molecule has 0 spiro atoms. The molecule has 1 fully saturated rings. The first-order valence-corrected chi connectivity index (χ1v) is 9.42. The number of piperidine rings is 1. The lowest BCUT2D eigenvalue weighted by Gasteiger charge is -2.40. The summed E-state index contributed by atoms with van der Waals surface area (Å²) >= 11 is 0. The number of esters is 1. The number of rotatable bonds is 7. The summed E-state index contributed by atoms with van der Waals surface area (Å²) in [5.74, 6) is -0.776. The molecule has 28 heavy (non-hydrogen) atoms. The highest BCUT2D eigenvalue weighted by Crippen LogP contribution is 2.29. The number of carbonyl (C=O) groups is 2. The smallest absolute Gasteiger partial charge is 0.339 e. The van der Waals surface area contributed by atoms with E-state index in [1.807, 2.05) is 18.2 Å². The van der Waals surface area contributed by atoms with Crippen molar-refractivity contribution in [2.45, 2.75) is 25.0 Å². The van der Waals surface area contributed by atoms with Crippen molar-refractivity contribution in [1.29, 1.82) is 0 Å². The van der Waals surface area contributed by atoms with Crippen LogP contribution < -0.4 is 5.32 Å². The van der Waals surface area contributed by atoms with Gasteiger partial charge in [-0.05, 0) is 17.7 Å². The van der Waals surface area contributed by atoms with Crippen LogP contribution in [0.1, 0.15) is 28.8 Å². The molecule has 2 aromatic rings. The van der Waals surface area contributed by atoms with Crippen LogP contribution in [0.4, 0.5) is 0 Å². The van der Waals surface area contributed by atoms with Crippen LogP contribution in [0, 0.1) is 0 Å². The van der Waals surface area contributed by atoms with E-state index < -0.39 is 11.6 Å². The molecule has 1 aliphatic rings. The van der Waals surface area contributed by atoms with Crippen LogP contribution in [0.5, 0.6) is 0 Å². The molecular formula is C22H25N3O3. The Labute approximate surface area is 165 Å². The van der Waals surface area contributed by atoms with Crippen LogP contribution in [0.25, 0.3) is 0 Å². The molecule has 6 heteroatoms. The maximum absolute atomic E-state index is 12.8. The average Bonchev–Trinajstić information content (AvgIpc) is 2.75. The largest absolute Gasteiger partial charge is 0.445 e. The van der Waals surface area contributed by atoms with Gasteiger partial charge in [-0.3, -0.25) is 14.7 Å².